The SMILES string of the molecule is CN=C(NCc1ccccc1CN1CCOCC1)NCc1ccccc1-n1ccnc1.I. The van der Waals surface area contributed by atoms with Crippen LogP contribution in [0.4, 0.5) is 0 Å². The van der Waals surface area contributed by atoms with Gasteiger partial charge in [-0.05, 0) is 22.8 Å². The molecule has 8 heteroatoms. The van der Waals surface area contributed by atoms with Crippen LogP contribution in [0.2, 0.25) is 0 Å². The molecule has 0 radical (unpaired) electrons. The normalized spacial score (nSPS) is 14.6. The molecule has 1 aliphatic rings. The molecule has 2 aromatic carbocycles. The molecule has 0 atom stereocenters. The second-order valence-electron chi connectivity index (χ2n) is 7.54. The van der Waals surface area contributed by atoms with Gasteiger partial charge in [0.1, 0.15) is 0 Å². The Bertz CT molecular complexity index is 986. The number of guanidine groups is 1. The van der Waals surface area contributed by atoms with E-state index in [1.54, 1.807) is 13.2 Å². The topological polar surface area (TPSA) is 66.7 Å². The van der Waals surface area contributed by atoms with Crippen LogP contribution < -0.4 is 10.6 Å². The quantitative estimate of drug-likeness (QED) is 0.271. The molecule has 0 aliphatic carbocycles. The summed E-state index contributed by atoms with van der Waals surface area (Å²) in [7, 11) is 1.80. The third kappa shape index (κ3) is 6.54. The van der Waals surface area contributed by atoms with E-state index in [0.29, 0.717) is 6.54 Å². The van der Waals surface area contributed by atoms with Gasteiger partial charge in [-0.3, -0.25) is 9.89 Å². The van der Waals surface area contributed by atoms with Crippen molar-refractivity contribution in [3.8, 4) is 5.69 Å². The van der Waals surface area contributed by atoms with Crippen LogP contribution in [0.15, 0.2) is 72.2 Å². The fourth-order valence-electron chi connectivity index (χ4n) is 3.78. The molecule has 0 saturated carbocycles. The lowest BCUT2D eigenvalue weighted by Crippen LogP contribution is -2.37. The highest BCUT2D eigenvalue weighted by Gasteiger charge is 2.13. The standard InChI is InChI=1S/C24H30N6O.HI/c1-25-24(28-17-21-7-4-5-9-23(21)30-11-10-26-19-30)27-16-20-6-2-3-8-22(20)18-29-12-14-31-15-13-29;/h2-11,19H,12-18H2,1H3,(H2,25,27,28);1H. The number of aliphatic imine (C=N–C) groups is 1. The lowest BCUT2D eigenvalue weighted by Gasteiger charge is -2.27. The lowest BCUT2D eigenvalue weighted by molar-refractivity contribution is 0.0341. The maximum absolute atomic E-state index is 5.47. The Balaban J connectivity index is 0.00000289. The van der Waals surface area contributed by atoms with Crippen molar-refractivity contribution in [1.29, 1.82) is 0 Å². The number of ether oxygens (including phenoxy) is 1. The van der Waals surface area contributed by atoms with Gasteiger partial charge >= 0.3 is 0 Å². The Hall–Kier alpha value is -2.43. The van der Waals surface area contributed by atoms with Gasteiger partial charge in [0.25, 0.3) is 0 Å². The van der Waals surface area contributed by atoms with Crippen LogP contribution in [-0.2, 0) is 24.4 Å². The van der Waals surface area contributed by atoms with Crippen LogP contribution in [0.1, 0.15) is 16.7 Å². The number of imidazole rings is 1. The summed E-state index contributed by atoms with van der Waals surface area (Å²) in [6.45, 7) is 5.95. The van der Waals surface area contributed by atoms with Crippen LogP contribution >= 0.6 is 24.0 Å². The molecule has 1 fully saturated rings. The zero-order valence-corrected chi connectivity index (χ0v) is 20.7. The highest BCUT2D eigenvalue weighted by atomic mass is 127. The minimum atomic E-state index is 0. The molecule has 0 unspecified atom stereocenters. The molecule has 0 amide bonds. The second kappa shape index (κ2) is 12.6. The minimum Gasteiger partial charge on any atom is -0.379 e. The van der Waals surface area contributed by atoms with Gasteiger partial charge in [-0.25, -0.2) is 4.98 Å². The van der Waals surface area contributed by atoms with Gasteiger partial charge in [-0.2, -0.15) is 0 Å². The van der Waals surface area contributed by atoms with Crippen LogP contribution in [0, 0.1) is 0 Å². The van der Waals surface area contributed by atoms with Crippen molar-refractivity contribution in [1.82, 2.24) is 25.1 Å². The molecule has 0 spiro atoms. The van der Waals surface area contributed by atoms with Gasteiger partial charge < -0.3 is 19.9 Å². The third-order valence-corrected chi connectivity index (χ3v) is 5.51. The molecule has 3 aromatic rings. The van der Waals surface area contributed by atoms with E-state index >= 15 is 0 Å². The number of rotatable bonds is 7. The van der Waals surface area contributed by atoms with E-state index in [9.17, 15) is 0 Å². The fourth-order valence-corrected chi connectivity index (χ4v) is 3.78. The Labute approximate surface area is 206 Å². The van der Waals surface area contributed by atoms with Crippen molar-refractivity contribution >= 4 is 29.9 Å². The molecule has 1 aliphatic heterocycles. The zero-order valence-electron chi connectivity index (χ0n) is 18.4. The summed E-state index contributed by atoms with van der Waals surface area (Å²) in [6, 6.07) is 16.9. The van der Waals surface area contributed by atoms with Crippen molar-refractivity contribution in [2.75, 3.05) is 33.4 Å². The average molecular weight is 546 g/mol. The van der Waals surface area contributed by atoms with Crippen molar-refractivity contribution in [3.05, 3.63) is 83.9 Å². The number of benzene rings is 2. The first-order valence-electron chi connectivity index (χ1n) is 10.7. The van der Waals surface area contributed by atoms with E-state index in [2.05, 4.69) is 68.0 Å². The third-order valence-electron chi connectivity index (χ3n) is 5.51. The Morgan fingerprint density at radius 2 is 1.62 bits per heavy atom. The number of hydrogen-bond acceptors (Lipinski definition) is 4. The summed E-state index contributed by atoms with van der Waals surface area (Å²) in [6.07, 6.45) is 5.56. The summed E-state index contributed by atoms with van der Waals surface area (Å²) in [5.74, 6) is 0.779. The molecule has 0 bridgehead atoms. The number of hydrogen-bond donors (Lipinski definition) is 2. The smallest absolute Gasteiger partial charge is 0.191 e. The van der Waals surface area contributed by atoms with Crippen molar-refractivity contribution in [3.63, 3.8) is 0 Å². The van der Waals surface area contributed by atoms with Gasteiger partial charge in [0, 0.05) is 52.2 Å². The molecule has 170 valence electrons. The highest BCUT2D eigenvalue weighted by molar-refractivity contribution is 14.0. The van der Waals surface area contributed by atoms with Crippen molar-refractivity contribution in [2.24, 2.45) is 4.99 Å². The molecular weight excluding hydrogens is 515 g/mol. The molecule has 2 heterocycles. The van der Waals surface area contributed by atoms with E-state index in [0.717, 1.165) is 51.0 Å². The predicted octanol–water partition coefficient (Wildman–Crippen LogP) is 3.19. The first kappa shape index (κ1) is 24.2. The molecule has 1 aromatic heterocycles. The molecule has 7 nitrogen and oxygen atoms in total. The van der Waals surface area contributed by atoms with Crippen LogP contribution in [0.3, 0.4) is 0 Å². The van der Waals surface area contributed by atoms with Crippen LogP contribution in [-0.4, -0.2) is 53.8 Å². The maximum atomic E-state index is 5.47. The number of nitrogens with one attached hydrogen (secondary N) is 2. The Morgan fingerprint density at radius 3 is 2.31 bits per heavy atom. The van der Waals surface area contributed by atoms with Crippen molar-refractivity contribution in [2.45, 2.75) is 19.6 Å². The Kier molecular flexibility index (Phi) is 9.51. The summed E-state index contributed by atoms with van der Waals surface area (Å²) in [5.41, 5.74) is 4.92. The predicted molar refractivity (Wildman–Crippen MR) is 139 cm³/mol. The van der Waals surface area contributed by atoms with Crippen LogP contribution in [0.5, 0.6) is 0 Å². The lowest BCUT2D eigenvalue weighted by atomic mass is 10.1. The van der Waals surface area contributed by atoms with E-state index < -0.39 is 0 Å². The summed E-state index contributed by atoms with van der Waals surface area (Å²) in [5, 5.41) is 6.90. The molecule has 32 heavy (non-hydrogen) atoms. The van der Waals surface area contributed by atoms with E-state index in [1.807, 2.05) is 23.2 Å². The molecule has 4 rings (SSSR count). The number of nitrogens with zero attached hydrogens (tertiary/aromatic N) is 4. The number of halogens is 1. The maximum Gasteiger partial charge on any atom is 0.191 e. The Morgan fingerprint density at radius 1 is 0.969 bits per heavy atom. The second-order valence-corrected chi connectivity index (χ2v) is 7.54. The van der Waals surface area contributed by atoms with Gasteiger partial charge in [0.2, 0.25) is 0 Å². The molecule has 1 saturated heterocycles. The van der Waals surface area contributed by atoms with Crippen molar-refractivity contribution < 1.29 is 4.74 Å². The summed E-state index contributed by atoms with van der Waals surface area (Å²) < 4.78 is 7.50. The number of para-hydroxylation sites is 1. The highest BCUT2D eigenvalue weighted by Crippen LogP contribution is 2.15. The van der Waals surface area contributed by atoms with Gasteiger partial charge in [-0.1, -0.05) is 42.5 Å². The van der Waals surface area contributed by atoms with E-state index in [4.69, 9.17) is 4.74 Å². The van der Waals surface area contributed by atoms with Crippen LogP contribution in [0.25, 0.3) is 5.69 Å². The molecule has 2 N–H and O–H groups in total. The monoisotopic (exact) mass is 546 g/mol. The first-order valence-corrected chi connectivity index (χ1v) is 10.7. The number of morpholine rings is 1. The summed E-state index contributed by atoms with van der Waals surface area (Å²) in [4.78, 5) is 11.0. The zero-order chi connectivity index (χ0) is 21.3. The number of aromatic nitrogens is 2. The van der Waals surface area contributed by atoms with E-state index in [1.165, 1.54) is 16.7 Å². The summed E-state index contributed by atoms with van der Waals surface area (Å²) >= 11 is 0. The average Bonchev–Trinajstić information content (AvgIpc) is 3.36. The first-order chi connectivity index (χ1) is 15.3. The molecular formula is C24H31IN6O. The fraction of sp³-hybridized carbons (Fsp3) is 0.333. The van der Waals surface area contributed by atoms with Gasteiger partial charge in [0.15, 0.2) is 5.96 Å². The van der Waals surface area contributed by atoms with Gasteiger partial charge in [0.05, 0.1) is 25.2 Å². The van der Waals surface area contributed by atoms with E-state index in [-0.39, 0.29) is 24.0 Å². The van der Waals surface area contributed by atoms with Gasteiger partial charge in [-0.15, -0.1) is 24.0 Å². The minimum absolute atomic E-state index is 0. The largest absolute Gasteiger partial charge is 0.379 e.